The maximum Gasteiger partial charge on any atom is 0.418 e. The summed E-state index contributed by atoms with van der Waals surface area (Å²) in [7, 11) is -4.81. The van der Waals surface area contributed by atoms with Gasteiger partial charge in [-0.05, 0) is 12.0 Å². The van der Waals surface area contributed by atoms with Crippen LogP contribution in [0.25, 0.3) is 0 Å². The number of fused-ring (bicyclic) bond motifs is 2. The fourth-order valence-electron chi connectivity index (χ4n) is 2.33. The second-order valence-electron chi connectivity index (χ2n) is 4.23. The van der Waals surface area contributed by atoms with Crippen molar-refractivity contribution in [3.8, 4) is 0 Å². The first-order valence-corrected chi connectivity index (χ1v) is 6.88. The van der Waals surface area contributed by atoms with Crippen LogP contribution in [0.5, 0.6) is 0 Å². The second kappa shape index (κ2) is 4.47. The molecule has 0 aromatic heterocycles. The number of urea groups is 1. The van der Waals surface area contributed by atoms with Crippen LogP contribution in [0.1, 0.15) is 13.3 Å². The second-order valence-corrected chi connectivity index (χ2v) is 5.23. The lowest BCUT2D eigenvalue weighted by molar-refractivity contribution is -0.121. The molecule has 2 heterocycles. The molecule has 2 bridgehead atoms. The lowest BCUT2D eigenvalue weighted by Crippen LogP contribution is -2.48. The number of hydrogen-bond acceptors (Lipinski definition) is 5. The summed E-state index contributed by atoms with van der Waals surface area (Å²) in [6.45, 7) is 1.86. The minimum absolute atomic E-state index is 0.0749. The monoisotopic (exact) mass is 291 g/mol. The molecule has 0 saturated carbocycles. The molecule has 3 N–H and O–H groups in total. The van der Waals surface area contributed by atoms with Crippen molar-refractivity contribution in [2.45, 2.75) is 25.4 Å². The molecule has 1 fully saturated rings. The SMILES string of the molecule is CCC1=C[C@H]2CN(C(=O)N2OS(=O)(=O)O)[C@@H]1C(N)=O. The van der Waals surface area contributed by atoms with Crippen LogP contribution >= 0.6 is 0 Å². The number of primary amides is 1. The summed E-state index contributed by atoms with van der Waals surface area (Å²) in [6.07, 6.45) is 2.04. The summed E-state index contributed by atoms with van der Waals surface area (Å²) >= 11 is 0. The van der Waals surface area contributed by atoms with Crippen LogP contribution in [0.3, 0.4) is 0 Å². The van der Waals surface area contributed by atoms with Crippen LogP contribution in [0, 0.1) is 0 Å². The highest BCUT2D eigenvalue weighted by Gasteiger charge is 2.48. The third kappa shape index (κ3) is 2.41. The maximum atomic E-state index is 12.0. The van der Waals surface area contributed by atoms with Gasteiger partial charge in [-0.15, -0.1) is 4.28 Å². The number of carbonyl (C=O) groups is 2. The van der Waals surface area contributed by atoms with E-state index in [1.54, 1.807) is 13.0 Å². The molecule has 19 heavy (non-hydrogen) atoms. The van der Waals surface area contributed by atoms with Gasteiger partial charge in [0, 0.05) is 0 Å². The molecule has 2 rings (SSSR count). The van der Waals surface area contributed by atoms with Crippen LogP contribution in [0.15, 0.2) is 11.6 Å². The summed E-state index contributed by atoms with van der Waals surface area (Å²) in [5.74, 6) is -0.700. The maximum absolute atomic E-state index is 12.0. The van der Waals surface area contributed by atoms with E-state index in [1.165, 1.54) is 0 Å². The van der Waals surface area contributed by atoms with Crippen molar-refractivity contribution in [2.24, 2.45) is 5.73 Å². The van der Waals surface area contributed by atoms with Gasteiger partial charge in [-0.3, -0.25) is 9.35 Å². The molecule has 2 aliphatic rings. The van der Waals surface area contributed by atoms with E-state index in [4.69, 9.17) is 10.3 Å². The highest BCUT2D eigenvalue weighted by Crippen LogP contribution is 2.31. The van der Waals surface area contributed by atoms with Gasteiger partial charge in [-0.2, -0.15) is 13.5 Å². The molecule has 2 aliphatic heterocycles. The molecule has 0 unspecified atom stereocenters. The third-order valence-electron chi connectivity index (χ3n) is 3.04. The van der Waals surface area contributed by atoms with Gasteiger partial charge in [0.25, 0.3) is 0 Å². The predicted octanol–water partition coefficient (Wildman–Crippen LogP) is -0.969. The molecule has 106 valence electrons. The van der Waals surface area contributed by atoms with Gasteiger partial charge >= 0.3 is 16.4 Å². The molecule has 0 radical (unpaired) electrons. The predicted molar refractivity (Wildman–Crippen MR) is 61.7 cm³/mol. The van der Waals surface area contributed by atoms with Crippen molar-refractivity contribution in [1.29, 1.82) is 0 Å². The van der Waals surface area contributed by atoms with Crippen molar-refractivity contribution < 1.29 is 26.8 Å². The summed E-state index contributed by atoms with van der Waals surface area (Å²) in [5, 5.41) is 0.522. The van der Waals surface area contributed by atoms with E-state index in [9.17, 15) is 18.0 Å². The Bertz CT molecular complexity index is 556. The Labute approximate surface area is 109 Å². The summed E-state index contributed by atoms with van der Waals surface area (Å²) < 4.78 is 34.3. The largest absolute Gasteiger partial charge is 0.418 e. The van der Waals surface area contributed by atoms with Crippen molar-refractivity contribution in [2.75, 3.05) is 6.54 Å². The standard InChI is InChI=1S/C9H13N3O6S/c1-2-5-3-6-4-11(7(5)8(10)13)9(14)12(6)18-19(15,16)17/h3,6-7H,2,4H2,1H3,(H2,10,13)(H,15,16,17)/t6-,7-/m0/s1. The van der Waals surface area contributed by atoms with E-state index in [-0.39, 0.29) is 6.54 Å². The molecule has 3 amide bonds. The van der Waals surface area contributed by atoms with Gasteiger partial charge in [0.1, 0.15) is 6.04 Å². The first-order chi connectivity index (χ1) is 8.74. The number of nitrogens with two attached hydrogens (primary N) is 1. The number of carbonyl (C=O) groups excluding carboxylic acids is 2. The lowest BCUT2D eigenvalue weighted by atomic mass is 9.97. The number of hydrogen-bond donors (Lipinski definition) is 2. The molecule has 0 aromatic carbocycles. The van der Waals surface area contributed by atoms with Crippen LogP contribution in [-0.4, -0.2) is 53.5 Å². The van der Waals surface area contributed by atoms with Gasteiger partial charge in [0.05, 0.1) is 12.6 Å². The third-order valence-corrected chi connectivity index (χ3v) is 3.39. The normalized spacial score (nSPS) is 26.6. The van der Waals surface area contributed by atoms with Gasteiger partial charge in [0.2, 0.25) is 5.91 Å². The number of hydroxylamine groups is 2. The number of amides is 3. The quantitative estimate of drug-likeness (QED) is 0.506. The fraction of sp³-hybridized carbons (Fsp3) is 0.556. The molecule has 0 aliphatic carbocycles. The zero-order valence-electron chi connectivity index (χ0n) is 10.0. The van der Waals surface area contributed by atoms with E-state index in [2.05, 4.69) is 4.28 Å². The number of rotatable bonds is 4. The van der Waals surface area contributed by atoms with Crippen molar-refractivity contribution >= 4 is 22.3 Å². The van der Waals surface area contributed by atoms with E-state index < -0.39 is 34.4 Å². The lowest BCUT2D eigenvalue weighted by Gasteiger charge is -2.28. The van der Waals surface area contributed by atoms with Crippen molar-refractivity contribution in [3.63, 3.8) is 0 Å². The average Bonchev–Trinajstić information content (AvgIpc) is 2.52. The summed E-state index contributed by atoms with van der Waals surface area (Å²) in [5.41, 5.74) is 5.86. The van der Waals surface area contributed by atoms with Crippen LogP contribution < -0.4 is 5.73 Å². The minimum Gasteiger partial charge on any atom is -0.368 e. The topological polar surface area (TPSA) is 130 Å². The van der Waals surface area contributed by atoms with Gasteiger partial charge in [0.15, 0.2) is 0 Å². The van der Waals surface area contributed by atoms with Gasteiger partial charge in [-0.1, -0.05) is 13.0 Å². The van der Waals surface area contributed by atoms with Crippen molar-refractivity contribution in [1.82, 2.24) is 9.96 Å². The Hall–Kier alpha value is -1.65. The van der Waals surface area contributed by atoms with E-state index in [1.807, 2.05) is 0 Å². The zero-order chi connectivity index (χ0) is 14.4. The molecular formula is C9H13N3O6S. The Balaban J connectivity index is 2.36. The van der Waals surface area contributed by atoms with Crippen molar-refractivity contribution in [3.05, 3.63) is 11.6 Å². The molecular weight excluding hydrogens is 278 g/mol. The Morgan fingerprint density at radius 1 is 1.63 bits per heavy atom. The highest BCUT2D eigenvalue weighted by atomic mass is 32.3. The Kier molecular flexibility index (Phi) is 3.24. The van der Waals surface area contributed by atoms with Crippen LogP contribution in [-0.2, 0) is 19.5 Å². The minimum atomic E-state index is -4.81. The van der Waals surface area contributed by atoms with E-state index in [0.717, 1.165) is 4.90 Å². The number of nitrogens with zero attached hydrogens (tertiary/aromatic N) is 2. The molecule has 10 heteroatoms. The average molecular weight is 291 g/mol. The highest BCUT2D eigenvalue weighted by molar-refractivity contribution is 7.80. The zero-order valence-corrected chi connectivity index (χ0v) is 10.8. The van der Waals surface area contributed by atoms with Crippen LogP contribution in [0.2, 0.25) is 0 Å². The molecule has 0 spiro atoms. The fourth-order valence-corrected chi connectivity index (χ4v) is 2.71. The van der Waals surface area contributed by atoms with Gasteiger partial charge < -0.3 is 10.6 Å². The molecule has 9 nitrogen and oxygen atoms in total. The summed E-state index contributed by atoms with van der Waals surface area (Å²) in [4.78, 5) is 24.5. The first-order valence-electron chi connectivity index (χ1n) is 5.51. The summed E-state index contributed by atoms with van der Waals surface area (Å²) in [6, 6.07) is -2.42. The molecule has 0 aromatic rings. The van der Waals surface area contributed by atoms with Gasteiger partial charge in [-0.25, -0.2) is 4.79 Å². The van der Waals surface area contributed by atoms with Crippen LogP contribution in [0.4, 0.5) is 4.79 Å². The molecule has 2 atom stereocenters. The van der Waals surface area contributed by atoms with E-state index >= 15 is 0 Å². The molecule has 1 saturated heterocycles. The first kappa shape index (κ1) is 13.8. The Morgan fingerprint density at radius 3 is 2.74 bits per heavy atom. The smallest absolute Gasteiger partial charge is 0.368 e. The van der Waals surface area contributed by atoms with E-state index in [0.29, 0.717) is 17.1 Å². The Morgan fingerprint density at radius 2 is 2.26 bits per heavy atom.